The Morgan fingerprint density at radius 1 is 0.630 bits per heavy atom. The number of fused-ring (bicyclic) bond motifs is 5. The molecule has 0 unspecified atom stereocenters. The van der Waals surface area contributed by atoms with Crippen LogP contribution in [0.15, 0.2) is 146 Å². The number of benzene rings is 6. The minimum absolute atomic E-state index is 0.0709. The second-order valence-electron chi connectivity index (χ2n) is 11.3. The molecular formula is C40H25N3O2S. The highest BCUT2D eigenvalue weighted by Crippen LogP contribution is 2.43. The molecule has 0 radical (unpaired) electrons. The van der Waals surface area contributed by atoms with Crippen LogP contribution < -0.4 is 4.74 Å². The van der Waals surface area contributed by atoms with Crippen LogP contribution in [0.3, 0.4) is 0 Å². The highest BCUT2D eigenvalue weighted by molar-refractivity contribution is 7.25. The van der Waals surface area contributed by atoms with Crippen molar-refractivity contribution >= 4 is 53.3 Å². The SMILES string of the molecule is Oc1cc2sc3ccccc3c2cc1Oc1nc2c(-c3cccc(-c4cc5ccccc5cn4)c3)cccc2n1-c1ccccc1. The number of ether oxygens (including phenoxy) is 1. The lowest BCUT2D eigenvalue weighted by molar-refractivity contribution is 0.390. The lowest BCUT2D eigenvalue weighted by Crippen LogP contribution is -1.98. The number of nitrogens with zero attached hydrogens (tertiary/aromatic N) is 3. The molecule has 218 valence electrons. The molecule has 46 heavy (non-hydrogen) atoms. The molecule has 0 fully saturated rings. The first kappa shape index (κ1) is 26.4. The summed E-state index contributed by atoms with van der Waals surface area (Å²) in [7, 11) is 0. The molecule has 0 aliphatic carbocycles. The zero-order chi connectivity index (χ0) is 30.6. The molecule has 3 heterocycles. The van der Waals surface area contributed by atoms with E-state index in [1.54, 1.807) is 17.4 Å². The van der Waals surface area contributed by atoms with Gasteiger partial charge in [0, 0.05) is 48.9 Å². The number of para-hydroxylation sites is 2. The first-order valence-electron chi connectivity index (χ1n) is 15.0. The number of aromatic nitrogens is 3. The monoisotopic (exact) mass is 611 g/mol. The number of imidazole rings is 1. The minimum Gasteiger partial charge on any atom is -0.504 e. The third kappa shape index (κ3) is 4.38. The Labute approximate surface area is 268 Å². The summed E-state index contributed by atoms with van der Waals surface area (Å²) in [5.74, 6) is 0.427. The summed E-state index contributed by atoms with van der Waals surface area (Å²) in [5, 5.41) is 15.5. The van der Waals surface area contributed by atoms with Gasteiger partial charge in [-0.3, -0.25) is 9.55 Å². The average molecular weight is 612 g/mol. The Morgan fingerprint density at radius 2 is 1.41 bits per heavy atom. The van der Waals surface area contributed by atoms with E-state index < -0.39 is 0 Å². The van der Waals surface area contributed by atoms with Gasteiger partial charge >= 0.3 is 6.01 Å². The molecule has 5 nitrogen and oxygen atoms in total. The molecule has 0 bridgehead atoms. The van der Waals surface area contributed by atoms with E-state index in [2.05, 4.69) is 66.7 Å². The van der Waals surface area contributed by atoms with Crippen molar-refractivity contribution in [3.8, 4) is 45.6 Å². The van der Waals surface area contributed by atoms with Gasteiger partial charge in [-0.25, -0.2) is 0 Å². The van der Waals surface area contributed by atoms with Crippen LogP contribution in [0.2, 0.25) is 0 Å². The van der Waals surface area contributed by atoms with E-state index in [4.69, 9.17) is 14.7 Å². The van der Waals surface area contributed by atoms with Gasteiger partial charge in [-0.2, -0.15) is 4.98 Å². The summed E-state index contributed by atoms with van der Waals surface area (Å²) in [4.78, 5) is 9.85. The van der Waals surface area contributed by atoms with E-state index in [1.807, 2.05) is 77.5 Å². The van der Waals surface area contributed by atoms with Crippen molar-refractivity contribution in [3.63, 3.8) is 0 Å². The molecule has 3 aromatic heterocycles. The topological polar surface area (TPSA) is 60.2 Å². The third-order valence-electron chi connectivity index (χ3n) is 8.43. The zero-order valence-electron chi connectivity index (χ0n) is 24.5. The molecule has 9 rings (SSSR count). The maximum absolute atomic E-state index is 11.1. The van der Waals surface area contributed by atoms with Gasteiger partial charge in [0.25, 0.3) is 0 Å². The zero-order valence-corrected chi connectivity index (χ0v) is 25.3. The lowest BCUT2D eigenvalue weighted by Gasteiger charge is -2.11. The highest BCUT2D eigenvalue weighted by Gasteiger charge is 2.20. The molecule has 0 amide bonds. The van der Waals surface area contributed by atoms with Crippen molar-refractivity contribution in [1.82, 2.24) is 14.5 Å². The molecule has 0 aliphatic rings. The third-order valence-corrected chi connectivity index (χ3v) is 9.56. The molecule has 0 spiro atoms. The van der Waals surface area contributed by atoms with E-state index in [9.17, 15) is 5.11 Å². The smallest absolute Gasteiger partial charge is 0.307 e. The summed E-state index contributed by atoms with van der Waals surface area (Å²) >= 11 is 1.65. The van der Waals surface area contributed by atoms with Crippen molar-refractivity contribution in [1.29, 1.82) is 0 Å². The van der Waals surface area contributed by atoms with E-state index in [0.717, 1.165) is 70.0 Å². The Bertz CT molecular complexity index is 2590. The van der Waals surface area contributed by atoms with Crippen molar-refractivity contribution in [2.24, 2.45) is 0 Å². The van der Waals surface area contributed by atoms with Crippen LogP contribution in [0.4, 0.5) is 0 Å². The van der Waals surface area contributed by atoms with Crippen LogP contribution in [0, 0.1) is 0 Å². The molecule has 9 aromatic rings. The van der Waals surface area contributed by atoms with E-state index >= 15 is 0 Å². The van der Waals surface area contributed by atoms with Gasteiger partial charge in [0.05, 0.1) is 16.9 Å². The average Bonchev–Trinajstić information content (AvgIpc) is 3.66. The Hall–Kier alpha value is -5.98. The van der Waals surface area contributed by atoms with Crippen LogP contribution in [0.25, 0.3) is 70.0 Å². The van der Waals surface area contributed by atoms with Crippen molar-refractivity contribution in [2.75, 3.05) is 0 Å². The van der Waals surface area contributed by atoms with Crippen LogP contribution in [0.5, 0.6) is 17.5 Å². The molecule has 1 N–H and O–H groups in total. The van der Waals surface area contributed by atoms with Crippen LogP contribution >= 0.6 is 11.3 Å². The molecule has 0 saturated heterocycles. The standard InChI is InChI=1S/C40H25N3O2S/c44-35-23-38-32(31-16-6-7-19-37(31)46-38)22-36(35)45-40-42-39-30(17-9-18-34(39)43(40)29-14-2-1-3-15-29)26-12-8-13-27(20-26)33-21-25-10-4-5-11-28(25)24-41-33/h1-24,44H. The maximum Gasteiger partial charge on any atom is 0.307 e. The number of thiophene rings is 1. The molecule has 6 aromatic carbocycles. The fraction of sp³-hybridized carbons (Fsp3) is 0. The normalized spacial score (nSPS) is 11.6. The van der Waals surface area contributed by atoms with Gasteiger partial charge in [0.15, 0.2) is 11.5 Å². The summed E-state index contributed by atoms with van der Waals surface area (Å²) in [6, 6.07) is 47.4. The number of hydrogen-bond acceptors (Lipinski definition) is 5. The fourth-order valence-electron chi connectivity index (χ4n) is 6.21. The predicted octanol–water partition coefficient (Wildman–Crippen LogP) is 10.8. The first-order valence-corrected chi connectivity index (χ1v) is 15.9. The van der Waals surface area contributed by atoms with Crippen LogP contribution in [0.1, 0.15) is 0 Å². The van der Waals surface area contributed by atoms with Crippen LogP contribution in [-0.4, -0.2) is 19.6 Å². The first-order chi connectivity index (χ1) is 22.7. The van der Waals surface area contributed by atoms with Gasteiger partial charge in [0.2, 0.25) is 0 Å². The molecule has 0 aliphatic heterocycles. The number of rotatable bonds is 5. The summed E-state index contributed by atoms with van der Waals surface area (Å²) < 4.78 is 10.7. The summed E-state index contributed by atoms with van der Waals surface area (Å²) in [6.45, 7) is 0. The van der Waals surface area contributed by atoms with Gasteiger partial charge in [-0.05, 0) is 53.4 Å². The Balaban J connectivity index is 1.20. The van der Waals surface area contributed by atoms with Gasteiger partial charge in [-0.1, -0.05) is 91.0 Å². The number of hydrogen-bond donors (Lipinski definition) is 1. The second kappa shape index (κ2) is 10.6. The predicted molar refractivity (Wildman–Crippen MR) is 188 cm³/mol. The van der Waals surface area contributed by atoms with Crippen LogP contribution in [-0.2, 0) is 0 Å². The maximum atomic E-state index is 11.1. The van der Waals surface area contributed by atoms with E-state index in [0.29, 0.717) is 11.8 Å². The minimum atomic E-state index is 0.0709. The van der Waals surface area contributed by atoms with E-state index in [-0.39, 0.29) is 5.75 Å². The molecular weight excluding hydrogens is 587 g/mol. The van der Waals surface area contributed by atoms with Gasteiger partial charge in [0.1, 0.15) is 5.52 Å². The Morgan fingerprint density at radius 3 is 2.33 bits per heavy atom. The lowest BCUT2D eigenvalue weighted by atomic mass is 9.99. The molecule has 0 saturated carbocycles. The van der Waals surface area contributed by atoms with Crippen molar-refractivity contribution in [2.45, 2.75) is 0 Å². The second-order valence-corrected chi connectivity index (χ2v) is 12.3. The highest BCUT2D eigenvalue weighted by atomic mass is 32.1. The number of phenols is 1. The number of pyridine rings is 1. The largest absolute Gasteiger partial charge is 0.504 e. The van der Waals surface area contributed by atoms with Crippen molar-refractivity contribution < 1.29 is 9.84 Å². The van der Waals surface area contributed by atoms with Gasteiger partial charge < -0.3 is 9.84 Å². The van der Waals surface area contributed by atoms with Crippen molar-refractivity contribution in [3.05, 3.63) is 146 Å². The fourth-order valence-corrected chi connectivity index (χ4v) is 7.34. The molecule has 0 atom stereocenters. The number of phenolic OH excluding ortho intramolecular Hbond substituents is 1. The Kier molecular flexibility index (Phi) is 6.08. The summed E-state index contributed by atoms with van der Waals surface area (Å²) in [6.07, 6.45) is 1.93. The quantitative estimate of drug-likeness (QED) is 0.210. The summed E-state index contributed by atoms with van der Waals surface area (Å²) in [5.41, 5.74) is 6.55. The molecule has 6 heteroatoms. The van der Waals surface area contributed by atoms with E-state index in [1.165, 1.54) is 0 Å². The number of aromatic hydroxyl groups is 1. The van der Waals surface area contributed by atoms with Gasteiger partial charge in [-0.15, -0.1) is 11.3 Å².